The van der Waals surface area contributed by atoms with Gasteiger partial charge in [-0.3, -0.25) is 0 Å². The van der Waals surface area contributed by atoms with Gasteiger partial charge < -0.3 is 4.74 Å². The maximum absolute atomic E-state index is 5.72. The number of hydrogen-bond acceptors (Lipinski definition) is 1. The van der Waals surface area contributed by atoms with Gasteiger partial charge in [0.25, 0.3) is 0 Å². The number of rotatable bonds is 8. The van der Waals surface area contributed by atoms with E-state index in [1.807, 2.05) is 6.08 Å². The minimum absolute atomic E-state index is 0.306. The van der Waals surface area contributed by atoms with Gasteiger partial charge in [0.1, 0.15) is 0 Å². The van der Waals surface area contributed by atoms with E-state index < -0.39 is 0 Å². The molecule has 78 valence electrons. The summed E-state index contributed by atoms with van der Waals surface area (Å²) in [5.41, 5.74) is 0. The third-order valence-electron chi connectivity index (χ3n) is 1.80. The second-order valence-electron chi connectivity index (χ2n) is 3.52. The van der Waals surface area contributed by atoms with E-state index in [1.165, 1.54) is 0 Å². The summed E-state index contributed by atoms with van der Waals surface area (Å²) in [4.78, 5) is 0. The molecule has 0 aliphatic rings. The van der Waals surface area contributed by atoms with Gasteiger partial charge in [-0.05, 0) is 39.5 Å². The van der Waals surface area contributed by atoms with Crippen LogP contribution in [0.15, 0.2) is 12.7 Å². The van der Waals surface area contributed by atoms with Crippen molar-refractivity contribution in [2.75, 3.05) is 5.88 Å². The maximum Gasteiger partial charge on any atom is 0.0612 e. The first-order chi connectivity index (χ1) is 6.20. The summed E-state index contributed by atoms with van der Waals surface area (Å²) in [6.45, 7) is 7.86. The van der Waals surface area contributed by atoms with Crippen LogP contribution in [0.25, 0.3) is 0 Å². The van der Waals surface area contributed by atoms with Crippen molar-refractivity contribution in [3.05, 3.63) is 12.7 Å². The molecule has 0 saturated carbocycles. The van der Waals surface area contributed by atoms with Gasteiger partial charge in [-0.1, -0.05) is 6.08 Å². The van der Waals surface area contributed by atoms with Crippen LogP contribution < -0.4 is 0 Å². The van der Waals surface area contributed by atoms with Gasteiger partial charge in [0.15, 0.2) is 0 Å². The van der Waals surface area contributed by atoms with Crippen molar-refractivity contribution in [2.45, 2.75) is 51.7 Å². The molecule has 13 heavy (non-hydrogen) atoms. The van der Waals surface area contributed by atoms with Crippen LogP contribution in [0.5, 0.6) is 0 Å². The van der Waals surface area contributed by atoms with Gasteiger partial charge in [0, 0.05) is 5.88 Å². The molecular formula is C11H21ClO. The molecule has 1 nitrogen and oxygen atoms in total. The van der Waals surface area contributed by atoms with E-state index in [0.717, 1.165) is 31.6 Å². The third-order valence-corrected chi connectivity index (χ3v) is 2.07. The zero-order valence-electron chi connectivity index (χ0n) is 8.76. The van der Waals surface area contributed by atoms with E-state index in [0.29, 0.717) is 12.2 Å². The molecule has 0 aromatic rings. The first-order valence-corrected chi connectivity index (χ1v) is 5.56. The molecule has 0 aliphatic carbocycles. The topological polar surface area (TPSA) is 9.23 Å². The predicted molar refractivity (Wildman–Crippen MR) is 59.4 cm³/mol. The Balaban J connectivity index is 3.59. The second-order valence-corrected chi connectivity index (χ2v) is 3.89. The quantitative estimate of drug-likeness (QED) is 0.332. The summed E-state index contributed by atoms with van der Waals surface area (Å²) in [5, 5.41) is 0. The summed E-state index contributed by atoms with van der Waals surface area (Å²) < 4.78 is 5.72. The summed E-state index contributed by atoms with van der Waals surface area (Å²) in [7, 11) is 0. The normalized spacial score (nSPS) is 13.2. The standard InChI is InChI=1S/C11H21ClO/c1-4-7-11(13-10(2)3)8-5-6-9-12/h4,10-11H,1,5-9H2,2-3H3. The Kier molecular flexibility index (Phi) is 8.58. The Morgan fingerprint density at radius 2 is 2.08 bits per heavy atom. The number of ether oxygens (including phenoxy) is 1. The van der Waals surface area contributed by atoms with Crippen LogP contribution in [-0.2, 0) is 4.74 Å². The molecule has 0 rings (SSSR count). The lowest BCUT2D eigenvalue weighted by atomic mass is 10.1. The van der Waals surface area contributed by atoms with Crippen LogP contribution in [0.1, 0.15) is 39.5 Å². The molecule has 0 spiro atoms. The first-order valence-electron chi connectivity index (χ1n) is 5.03. The van der Waals surface area contributed by atoms with E-state index in [4.69, 9.17) is 16.3 Å². The highest BCUT2D eigenvalue weighted by molar-refractivity contribution is 6.17. The average Bonchev–Trinajstić information content (AvgIpc) is 2.04. The van der Waals surface area contributed by atoms with Crippen molar-refractivity contribution >= 4 is 11.6 Å². The van der Waals surface area contributed by atoms with Crippen molar-refractivity contribution in [1.82, 2.24) is 0 Å². The molecule has 0 fully saturated rings. The lowest BCUT2D eigenvalue weighted by Gasteiger charge is -2.18. The fourth-order valence-electron chi connectivity index (χ4n) is 1.28. The molecule has 1 unspecified atom stereocenters. The molecule has 0 aromatic heterocycles. The van der Waals surface area contributed by atoms with Gasteiger partial charge in [-0.25, -0.2) is 0 Å². The maximum atomic E-state index is 5.72. The van der Waals surface area contributed by atoms with E-state index in [9.17, 15) is 0 Å². The highest BCUT2D eigenvalue weighted by Gasteiger charge is 2.08. The Hall–Kier alpha value is -0.0100. The van der Waals surface area contributed by atoms with Crippen LogP contribution in [0, 0.1) is 0 Å². The number of hydrogen-bond donors (Lipinski definition) is 0. The predicted octanol–water partition coefficient (Wildman–Crippen LogP) is 3.77. The number of unbranched alkanes of at least 4 members (excludes halogenated alkanes) is 1. The van der Waals surface area contributed by atoms with Gasteiger partial charge in [-0.15, -0.1) is 18.2 Å². The molecule has 0 saturated heterocycles. The van der Waals surface area contributed by atoms with Crippen LogP contribution in [-0.4, -0.2) is 18.1 Å². The zero-order chi connectivity index (χ0) is 10.1. The second kappa shape index (κ2) is 8.58. The average molecular weight is 205 g/mol. The molecule has 2 heteroatoms. The minimum atomic E-state index is 0.306. The summed E-state index contributed by atoms with van der Waals surface area (Å²) in [6, 6.07) is 0. The molecule has 0 radical (unpaired) electrons. The largest absolute Gasteiger partial charge is 0.375 e. The molecule has 1 atom stereocenters. The van der Waals surface area contributed by atoms with Crippen molar-refractivity contribution in [1.29, 1.82) is 0 Å². The van der Waals surface area contributed by atoms with Gasteiger partial charge in [0.05, 0.1) is 12.2 Å². The molecule has 0 aromatic carbocycles. The van der Waals surface area contributed by atoms with Crippen LogP contribution in [0.2, 0.25) is 0 Å². The molecule has 0 aliphatic heterocycles. The molecule has 0 heterocycles. The highest BCUT2D eigenvalue weighted by atomic mass is 35.5. The monoisotopic (exact) mass is 204 g/mol. The molecule has 0 N–H and O–H groups in total. The minimum Gasteiger partial charge on any atom is -0.375 e. The Labute approximate surface area is 87.1 Å². The van der Waals surface area contributed by atoms with Crippen LogP contribution in [0.3, 0.4) is 0 Å². The van der Waals surface area contributed by atoms with Gasteiger partial charge in [0.2, 0.25) is 0 Å². The Morgan fingerprint density at radius 1 is 1.38 bits per heavy atom. The Bertz CT molecular complexity index is 123. The van der Waals surface area contributed by atoms with Crippen molar-refractivity contribution in [3.8, 4) is 0 Å². The van der Waals surface area contributed by atoms with E-state index in [2.05, 4.69) is 20.4 Å². The van der Waals surface area contributed by atoms with Crippen LogP contribution in [0.4, 0.5) is 0 Å². The fraction of sp³-hybridized carbons (Fsp3) is 0.818. The molecule has 0 bridgehead atoms. The van der Waals surface area contributed by atoms with Gasteiger partial charge in [-0.2, -0.15) is 0 Å². The van der Waals surface area contributed by atoms with Crippen molar-refractivity contribution < 1.29 is 4.74 Å². The van der Waals surface area contributed by atoms with E-state index in [1.54, 1.807) is 0 Å². The van der Waals surface area contributed by atoms with Crippen molar-refractivity contribution in [2.24, 2.45) is 0 Å². The lowest BCUT2D eigenvalue weighted by molar-refractivity contribution is 0.00418. The molecule has 0 amide bonds. The van der Waals surface area contributed by atoms with Crippen molar-refractivity contribution in [3.63, 3.8) is 0 Å². The zero-order valence-corrected chi connectivity index (χ0v) is 9.52. The molecular weight excluding hydrogens is 184 g/mol. The van der Waals surface area contributed by atoms with E-state index >= 15 is 0 Å². The summed E-state index contributed by atoms with van der Waals surface area (Å²) in [5.74, 6) is 0.752. The first kappa shape index (κ1) is 13.0. The number of halogens is 1. The highest BCUT2D eigenvalue weighted by Crippen LogP contribution is 2.12. The summed E-state index contributed by atoms with van der Waals surface area (Å²) in [6.07, 6.45) is 6.83. The van der Waals surface area contributed by atoms with E-state index in [-0.39, 0.29) is 0 Å². The smallest absolute Gasteiger partial charge is 0.0612 e. The van der Waals surface area contributed by atoms with Gasteiger partial charge >= 0.3 is 0 Å². The fourth-order valence-corrected chi connectivity index (χ4v) is 1.47. The SMILES string of the molecule is C=CCC(CCCCCl)OC(C)C. The third kappa shape index (κ3) is 8.32. The summed E-state index contributed by atoms with van der Waals surface area (Å²) >= 11 is 5.61. The Morgan fingerprint density at radius 3 is 2.54 bits per heavy atom. The van der Waals surface area contributed by atoms with Crippen LogP contribution >= 0.6 is 11.6 Å². The lowest BCUT2D eigenvalue weighted by Crippen LogP contribution is -2.17. The number of alkyl halides is 1.